The lowest BCUT2D eigenvalue weighted by Crippen LogP contribution is -2.37. The fraction of sp³-hybridized carbons (Fsp3) is 0.462. The zero-order valence-corrected chi connectivity index (χ0v) is 10.5. The van der Waals surface area contributed by atoms with Gasteiger partial charge in [0.15, 0.2) is 0 Å². The molecular weight excluding hydrogens is 230 g/mol. The average molecular weight is 245 g/mol. The Kier molecular flexibility index (Phi) is 2.63. The van der Waals surface area contributed by atoms with Crippen molar-refractivity contribution in [1.82, 2.24) is 14.5 Å². The van der Waals surface area contributed by atoms with E-state index >= 15 is 0 Å². The van der Waals surface area contributed by atoms with Crippen LogP contribution >= 0.6 is 0 Å². The van der Waals surface area contributed by atoms with Gasteiger partial charge < -0.3 is 9.30 Å². The molecule has 2 aromatic rings. The van der Waals surface area contributed by atoms with Gasteiger partial charge in [-0.15, -0.1) is 0 Å². The molecule has 0 aromatic carbocycles. The van der Waals surface area contributed by atoms with Crippen LogP contribution in [0, 0.1) is 6.92 Å². The molecule has 1 aliphatic rings. The Hall–Kier alpha value is -1.75. The van der Waals surface area contributed by atoms with Crippen LogP contribution in [0.25, 0.3) is 10.9 Å². The third kappa shape index (κ3) is 1.80. The molecule has 0 unspecified atom stereocenters. The van der Waals surface area contributed by atoms with E-state index in [-0.39, 0.29) is 17.7 Å². The van der Waals surface area contributed by atoms with Crippen LogP contribution in [0.1, 0.15) is 24.7 Å². The summed E-state index contributed by atoms with van der Waals surface area (Å²) in [6, 6.07) is 1.83. The summed E-state index contributed by atoms with van der Waals surface area (Å²) in [4.78, 5) is 20.5. The lowest BCUT2D eigenvalue weighted by molar-refractivity contribution is 0.00528. The third-order valence-electron chi connectivity index (χ3n) is 3.56. The summed E-state index contributed by atoms with van der Waals surface area (Å²) in [5, 5.41) is 0.904. The van der Waals surface area contributed by atoms with Crippen LogP contribution in [0.5, 0.6) is 0 Å². The van der Waals surface area contributed by atoms with E-state index in [1.54, 1.807) is 23.9 Å². The summed E-state index contributed by atoms with van der Waals surface area (Å²) in [6.45, 7) is 1.82. The number of pyridine rings is 1. The molecule has 0 radical (unpaired) electrons. The van der Waals surface area contributed by atoms with Gasteiger partial charge in [-0.2, -0.15) is 0 Å². The molecular formula is C13H15N3O2. The van der Waals surface area contributed by atoms with E-state index in [1.165, 1.54) is 0 Å². The molecule has 0 bridgehead atoms. The predicted octanol–water partition coefficient (Wildman–Crippen LogP) is 1.45. The van der Waals surface area contributed by atoms with Gasteiger partial charge in [0.25, 0.3) is 5.56 Å². The largest absolute Gasteiger partial charge is 0.381 e. The molecule has 0 amide bonds. The Morgan fingerprint density at radius 1 is 1.44 bits per heavy atom. The van der Waals surface area contributed by atoms with Crippen molar-refractivity contribution in [2.24, 2.45) is 0 Å². The lowest BCUT2D eigenvalue weighted by atomic mass is 9.89. The highest BCUT2D eigenvalue weighted by molar-refractivity contribution is 5.76. The fourth-order valence-corrected chi connectivity index (χ4v) is 2.36. The average Bonchev–Trinajstić information content (AvgIpc) is 2.28. The molecule has 1 saturated carbocycles. The molecule has 0 N–H and O–H groups in total. The van der Waals surface area contributed by atoms with Crippen molar-refractivity contribution in [2.75, 3.05) is 7.11 Å². The first kappa shape index (κ1) is 11.3. The van der Waals surface area contributed by atoms with Crippen molar-refractivity contribution in [3.05, 3.63) is 34.6 Å². The van der Waals surface area contributed by atoms with Gasteiger partial charge in [-0.3, -0.25) is 4.79 Å². The van der Waals surface area contributed by atoms with Gasteiger partial charge in [0.2, 0.25) is 0 Å². The molecule has 0 aliphatic heterocycles. The highest BCUT2D eigenvalue weighted by Gasteiger charge is 2.30. The van der Waals surface area contributed by atoms with Crippen molar-refractivity contribution in [2.45, 2.75) is 31.9 Å². The molecule has 1 fully saturated rings. The van der Waals surface area contributed by atoms with Crippen LogP contribution in [0.4, 0.5) is 0 Å². The second-order valence-corrected chi connectivity index (χ2v) is 4.76. The summed E-state index contributed by atoms with van der Waals surface area (Å²) >= 11 is 0. The number of aromatic nitrogens is 3. The van der Waals surface area contributed by atoms with Gasteiger partial charge in [0.1, 0.15) is 5.82 Å². The molecule has 5 nitrogen and oxygen atoms in total. The van der Waals surface area contributed by atoms with Gasteiger partial charge >= 0.3 is 0 Å². The molecule has 2 heterocycles. The molecule has 0 atom stereocenters. The first-order valence-corrected chi connectivity index (χ1v) is 6.05. The van der Waals surface area contributed by atoms with Gasteiger partial charge in [0.05, 0.1) is 11.6 Å². The van der Waals surface area contributed by atoms with Crippen molar-refractivity contribution in [3.63, 3.8) is 0 Å². The monoisotopic (exact) mass is 245 g/mol. The van der Waals surface area contributed by atoms with E-state index in [1.807, 2.05) is 13.1 Å². The normalized spacial score (nSPS) is 23.0. The van der Waals surface area contributed by atoms with E-state index in [0.717, 1.165) is 18.2 Å². The molecule has 1 aliphatic carbocycles. The summed E-state index contributed by atoms with van der Waals surface area (Å²) in [7, 11) is 1.71. The first-order chi connectivity index (χ1) is 8.67. The Morgan fingerprint density at radius 2 is 2.22 bits per heavy atom. The fourth-order valence-electron chi connectivity index (χ4n) is 2.36. The highest BCUT2D eigenvalue weighted by Crippen LogP contribution is 2.33. The number of ether oxygens (including phenoxy) is 1. The van der Waals surface area contributed by atoms with E-state index in [2.05, 4.69) is 9.97 Å². The zero-order valence-electron chi connectivity index (χ0n) is 10.5. The van der Waals surface area contributed by atoms with Crippen LogP contribution in [0.15, 0.2) is 23.3 Å². The molecule has 5 heteroatoms. The van der Waals surface area contributed by atoms with Crippen LogP contribution in [0.2, 0.25) is 0 Å². The summed E-state index contributed by atoms with van der Waals surface area (Å²) in [5.74, 6) is 0.683. The van der Waals surface area contributed by atoms with Crippen LogP contribution in [0.3, 0.4) is 0 Å². The number of nitrogens with zero attached hydrogens (tertiary/aromatic N) is 3. The third-order valence-corrected chi connectivity index (χ3v) is 3.56. The van der Waals surface area contributed by atoms with Gasteiger partial charge in [-0.25, -0.2) is 9.97 Å². The molecule has 0 spiro atoms. The Morgan fingerprint density at radius 3 is 2.94 bits per heavy atom. The molecule has 2 aromatic heterocycles. The summed E-state index contributed by atoms with van der Waals surface area (Å²) < 4.78 is 7.02. The topological polar surface area (TPSA) is 57.0 Å². The van der Waals surface area contributed by atoms with Crippen LogP contribution < -0.4 is 5.56 Å². The van der Waals surface area contributed by atoms with Gasteiger partial charge in [-0.05, 0) is 19.8 Å². The Labute approximate surface area is 104 Å². The van der Waals surface area contributed by atoms with E-state index in [4.69, 9.17) is 4.74 Å². The van der Waals surface area contributed by atoms with Crippen molar-refractivity contribution in [3.8, 4) is 0 Å². The maximum Gasteiger partial charge on any atom is 0.252 e. The first-order valence-electron chi connectivity index (χ1n) is 6.05. The maximum absolute atomic E-state index is 12.0. The number of hydrogen-bond donors (Lipinski definition) is 0. The predicted molar refractivity (Wildman–Crippen MR) is 67.6 cm³/mol. The number of fused-ring (bicyclic) bond motifs is 1. The van der Waals surface area contributed by atoms with Crippen LogP contribution in [-0.4, -0.2) is 27.7 Å². The minimum atomic E-state index is 0.000142. The quantitative estimate of drug-likeness (QED) is 0.803. The molecule has 0 saturated heterocycles. The standard InChI is InChI=1S/C13H15N3O2/c1-8-14-6-9-7-16(10-3-11(4-10)18-2)13(17)5-12(9)15-8/h5-7,10-11H,3-4H2,1-2H3. The highest BCUT2D eigenvalue weighted by atomic mass is 16.5. The van der Waals surface area contributed by atoms with Gasteiger partial charge in [-0.1, -0.05) is 0 Å². The van der Waals surface area contributed by atoms with Gasteiger partial charge in [0, 0.05) is 37.0 Å². The summed E-state index contributed by atoms with van der Waals surface area (Å²) in [5.41, 5.74) is 0.714. The molecule has 18 heavy (non-hydrogen) atoms. The number of methoxy groups -OCH3 is 1. The second-order valence-electron chi connectivity index (χ2n) is 4.76. The van der Waals surface area contributed by atoms with Crippen LogP contribution in [-0.2, 0) is 4.74 Å². The maximum atomic E-state index is 12.0. The SMILES string of the molecule is COC1CC(n2cc3cnc(C)nc3cc2=O)C1. The Balaban J connectivity index is 2.01. The number of aryl methyl sites for hydroxylation is 1. The van der Waals surface area contributed by atoms with Crippen molar-refractivity contribution >= 4 is 10.9 Å². The summed E-state index contributed by atoms with van der Waals surface area (Å²) in [6.07, 6.45) is 5.70. The van der Waals surface area contributed by atoms with E-state index < -0.39 is 0 Å². The number of rotatable bonds is 2. The smallest absolute Gasteiger partial charge is 0.252 e. The van der Waals surface area contributed by atoms with Crippen molar-refractivity contribution in [1.29, 1.82) is 0 Å². The molecule has 94 valence electrons. The minimum Gasteiger partial charge on any atom is -0.381 e. The lowest BCUT2D eigenvalue weighted by Gasteiger charge is -2.35. The number of hydrogen-bond acceptors (Lipinski definition) is 4. The van der Waals surface area contributed by atoms with E-state index in [0.29, 0.717) is 11.3 Å². The van der Waals surface area contributed by atoms with Crippen molar-refractivity contribution < 1.29 is 4.74 Å². The molecule has 3 rings (SSSR count). The van der Waals surface area contributed by atoms with E-state index in [9.17, 15) is 4.79 Å². The Bertz CT molecular complexity index is 644. The second kappa shape index (κ2) is 4.17. The minimum absolute atomic E-state index is 0.000142. The zero-order chi connectivity index (χ0) is 12.7.